The Balaban J connectivity index is 1.09. The number of rotatable bonds is 11. The molecule has 0 nitrogen and oxygen atoms in total. The van der Waals surface area contributed by atoms with Crippen LogP contribution in [0.15, 0.2) is 212 Å². The first-order chi connectivity index (χ1) is 29.4. The summed E-state index contributed by atoms with van der Waals surface area (Å²) in [4.78, 5) is 0. The monoisotopic (exact) mass is 770 g/mol. The topological polar surface area (TPSA) is 0 Å². The largest absolute Gasteiger partial charge is 0.0622 e. The standard InChI is InChI=1S/C60H50/c1-60(2,3)59-44-54(39-37-45-29-33-47(34-30-45)41-56(49-19-9-4-10-20-49)50-21-11-5-12-22-50)58(53-27-17-8-18-28-53)43-55(59)40-38-46-31-35-48(36-32-46)42-57(51-23-13-6-14-24-51)52-25-15-7-16-26-52/h4-44H,1-3H3. The van der Waals surface area contributed by atoms with Crippen LogP contribution in [0.3, 0.4) is 0 Å². The summed E-state index contributed by atoms with van der Waals surface area (Å²) in [6, 6.07) is 75.7. The molecular weight excluding hydrogens is 721 g/mol. The Morgan fingerprint density at radius 3 is 1.03 bits per heavy atom. The minimum Gasteiger partial charge on any atom is -0.0622 e. The van der Waals surface area contributed by atoms with Crippen molar-refractivity contribution in [2.24, 2.45) is 0 Å². The molecule has 0 aliphatic carbocycles. The summed E-state index contributed by atoms with van der Waals surface area (Å²) in [5.74, 6) is 0. The molecule has 0 saturated heterocycles. The molecule has 8 rings (SSSR count). The first-order valence-corrected chi connectivity index (χ1v) is 20.8. The van der Waals surface area contributed by atoms with Gasteiger partial charge in [-0.05, 0) is 107 Å². The molecule has 0 fully saturated rings. The predicted octanol–water partition coefficient (Wildman–Crippen LogP) is 16.2. The predicted molar refractivity (Wildman–Crippen MR) is 261 cm³/mol. The van der Waals surface area contributed by atoms with Gasteiger partial charge in [-0.3, -0.25) is 0 Å². The van der Waals surface area contributed by atoms with Crippen LogP contribution in [0.5, 0.6) is 0 Å². The second-order valence-corrected chi connectivity index (χ2v) is 16.2. The van der Waals surface area contributed by atoms with Crippen molar-refractivity contribution >= 4 is 47.6 Å². The van der Waals surface area contributed by atoms with E-state index in [1.165, 1.54) is 72.3 Å². The van der Waals surface area contributed by atoms with Gasteiger partial charge in [0.25, 0.3) is 0 Å². The van der Waals surface area contributed by atoms with Crippen LogP contribution in [-0.2, 0) is 5.41 Å². The van der Waals surface area contributed by atoms with E-state index in [0.29, 0.717) is 0 Å². The van der Waals surface area contributed by atoms with Gasteiger partial charge in [0.1, 0.15) is 0 Å². The maximum atomic E-state index is 2.39. The molecular formula is C60H50. The van der Waals surface area contributed by atoms with Crippen molar-refractivity contribution in [1.82, 2.24) is 0 Å². The third kappa shape index (κ3) is 9.87. The Bertz CT molecular complexity index is 2660. The lowest BCUT2D eigenvalue weighted by Gasteiger charge is -2.24. The molecule has 0 amide bonds. The van der Waals surface area contributed by atoms with Gasteiger partial charge in [-0.25, -0.2) is 0 Å². The number of hydrogen-bond donors (Lipinski definition) is 0. The smallest absolute Gasteiger partial charge is 0.0105 e. The van der Waals surface area contributed by atoms with Crippen LogP contribution < -0.4 is 0 Å². The van der Waals surface area contributed by atoms with Crippen molar-refractivity contribution in [3.8, 4) is 11.1 Å². The molecule has 0 saturated carbocycles. The highest BCUT2D eigenvalue weighted by Crippen LogP contribution is 2.36. The molecule has 0 heterocycles. The number of benzene rings is 8. The average Bonchev–Trinajstić information content (AvgIpc) is 3.30. The quantitative estimate of drug-likeness (QED) is 0.115. The molecule has 0 spiro atoms. The lowest BCUT2D eigenvalue weighted by Crippen LogP contribution is -2.13. The molecule has 0 heteroatoms. The Labute approximate surface area is 356 Å². The van der Waals surface area contributed by atoms with Crippen LogP contribution in [-0.4, -0.2) is 0 Å². The van der Waals surface area contributed by atoms with Gasteiger partial charge in [0.2, 0.25) is 0 Å². The summed E-state index contributed by atoms with van der Waals surface area (Å²) < 4.78 is 0. The zero-order chi connectivity index (χ0) is 41.2. The highest BCUT2D eigenvalue weighted by molar-refractivity contribution is 5.93. The molecule has 8 aromatic carbocycles. The molecule has 0 unspecified atom stereocenters. The molecule has 290 valence electrons. The van der Waals surface area contributed by atoms with Gasteiger partial charge in [0.05, 0.1) is 0 Å². The summed E-state index contributed by atoms with van der Waals surface area (Å²) >= 11 is 0. The average molecular weight is 771 g/mol. The third-order valence-electron chi connectivity index (χ3n) is 10.9. The molecule has 0 atom stereocenters. The van der Waals surface area contributed by atoms with Gasteiger partial charge >= 0.3 is 0 Å². The molecule has 0 N–H and O–H groups in total. The van der Waals surface area contributed by atoms with Crippen LogP contribution in [0.4, 0.5) is 0 Å². The van der Waals surface area contributed by atoms with Crippen molar-refractivity contribution in [2.45, 2.75) is 26.2 Å². The Kier molecular flexibility index (Phi) is 12.2. The zero-order valence-electron chi connectivity index (χ0n) is 34.7. The lowest BCUT2D eigenvalue weighted by atomic mass is 9.80. The van der Waals surface area contributed by atoms with Gasteiger partial charge in [-0.15, -0.1) is 0 Å². The van der Waals surface area contributed by atoms with Crippen LogP contribution in [0.25, 0.3) is 58.7 Å². The summed E-state index contributed by atoms with van der Waals surface area (Å²) in [5.41, 5.74) is 18.0. The number of hydrogen-bond acceptors (Lipinski definition) is 0. The normalized spacial score (nSPS) is 11.4. The van der Waals surface area contributed by atoms with Gasteiger partial charge < -0.3 is 0 Å². The van der Waals surface area contributed by atoms with Crippen molar-refractivity contribution in [3.05, 3.63) is 274 Å². The Morgan fingerprint density at radius 1 is 0.333 bits per heavy atom. The van der Waals surface area contributed by atoms with Gasteiger partial charge in [0, 0.05) is 0 Å². The first kappa shape index (κ1) is 39.5. The van der Waals surface area contributed by atoms with Crippen LogP contribution in [0.2, 0.25) is 0 Å². The molecule has 0 radical (unpaired) electrons. The van der Waals surface area contributed by atoms with Gasteiger partial charge in [-0.1, -0.05) is 251 Å². The molecule has 0 aliphatic heterocycles. The Morgan fingerprint density at radius 2 is 0.667 bits per heavy atom. The van der Waals surface area contributed by atoms with E-state index in [2.05, 4.69) is 270 Å². The van der Waals surface area contributed by atoms with Crippen LogP contribution >= 0.6 is 0 Å². The van der Waals surface area contributed by atoms with Gasteiger partial charge in [0.15, 0.2) is 0 Å². The van der Waals surface area contributed by atoms with E-state index in [9.17, 15) is 0 Å². The first-order valence-electron chi connectivity index (χ1n) is 20.8. The van der Waals surface area contributed by atoms with Gasteiger partial charge in [-0.2, -0.15) is 0 Å². The van der Waals surface area contributed by atoms with Crippen LogP contribution in [0, 0.1) is 0 Å². The fourth-order valence-corrected chi connectivity index (χ4v) is 7.68. The molecule has 60 heavy (non-hydrogen) atoms. The van der Waals surface area contributed by atoms with E-state index in [0.717, 1.165) is 11.1 Å². The van der Waals surface area contributed by atoms with Crippen LogP contribution in [0.1, 0.15) is 82.0 Å². The zero-order valence-corrected chi connectivity index (χ0v) is 34.7. The maximum Gasteiger partial charge on any atom is -0.0105 e. The van der Waals surface area contributed by atoms with Crippen molar-refractivity contribution in [1.29, 1.82) is 0 Å². The Hall–Kier alpha value is -7.28. The lowest BCUT2D eigenvalue weighted by molar-refractivity contribution is 0.589. The SMILES string of the molecule is CC(C)(C)c1cc(C=Cc2ccc(C=C(c3ccccc3)c3ccccc3)cc2)c(-c2ccccc2)cc1C=Cc1ccc(C=C(c2ccccc2)c2ccccc2)cc1. The van der Waals surface area contributed by atoms with E-state index in [4.69, 9.17) is 0 Å². The molecule has 8 aromatic rings. The highest BCUT2D eigenvalue weighted by atomic mass is 14.2. The summed E-state index contributed by atoms with van der Waals surface area (Å²) in [5, 5.41) is 0. The minimum absolute atomic E-state index is 0.0688. The fourth-order valence-electron chi connectivity index (χ4n) is 7.68. The third-order valence-corrected chi connectivity index (χ3v) is 10.9. The summed E-state index contributed by atoms with van der Waals surface area (Å²) in [6.45, 7) is 6.91. The maximum absolute atomic E-state index is 2.39. The minimum atomic E-state index is -0.0688. The van der Waals surface area contributed by atoms with E-state index in [1.807, 2.05) is 0 Å². The van der Waals surface area contributed by atoms with Crippen molar-refractivity contribution < 1.29 is 0 Å². The fraction of sp³-hybridized carbons (Fsp3) is 0.0667. The highest BCUT2D eigenvalue weighted by Gasteiger charge is 2.20. The van der Waals surface area contributed by atoms with E-state index in [-0.39, 0.29) is 5.41 Å². The molecule has 0 aliphatic rings. The summed E-state index contributed by atoms with van der Waals surface area (Å²) in [7, 11) is 0. The van der Waals surface area contributed by atoms with E-state index in [1.54, 1.807) is 0 Å². The second kappa shape index (κ2) is 18.5. The molecule has 0 aromatic heterocycles. The van der Waals surface area contributed by atoms with E-state index >= 15 is 0 Å². The van der Waals surface area contributed by atoms with Crippen molar-refractivity contribution in [2.75, 3.05) is 0 Å². The van der Waals surface area contributed by atoms with E-state index < -0.39 is 0 Å². The van der Waals surface area contributed by atoms with Crippen molar-refractivity contribution in [3.63, 3.8) is 0 Å². The summed E-state index contributed by atoms with van der Waals surface area (Å²) in [6.07, 6.45) is 13.6. The molecule has 0 bridgehead atoms. The second-order valence-electron chi connectivity index (χ2n) is 16.2.